The molecule has 2 nitrogen and oxygen atoms in total. The van der Waals surface area contributed by atoms with Crippen molar-refractivity contribution in [3.8, 4) is 5.75 Å². The van der Waals surface area contributed by atoms with Crippen molar-refractivity contribution in [2.75, 3.05) is 7.11 Å². The Kier molecular flexibility index (Phi) is 3.03. The zero-order chi connectivity index (χ0) is 13.3. The van der Waals surface area contributed by atoms with Gasteiger partial charge in [-0.25, -0.2) is 0 Å². The van der Waals surface area contributed by atoms with Gasteiger partial charge < -0.3 is 9.84 Å². The normalized spacial score (nSPS) is 17.8. The fraction of sp³-hybridized carbons (Fsp3) is 0.294. The van der Waals surface area contributed by atoms with Crippen LogP contribution < -0.4 is 4.74 Å². The van der Waals surface area contributed by atoms with Crippen LogP contribution in [0.2, 0.25) is 0 Å². The molecule has 2 aromatic carbocycles. The zero-order valence-corrected chi connectivity index (χ0v) is 11.0. The van der Waals surface area contributed by atoms with Crippen molar-refractivity contribution in [1.29, 1.82) is 0 Å². The van der Waals surface area contributed by atoms with Crippen LogP contribution in [0.1, 0.15) is 24.0 Å². The summed E-state index contributed by atoms with van der Waals surface area (Å²) in [7, 11) is 1.65. The van der Waals surface area contributed by atoms with Gasteiger partial charge in [0.2, 0.25) is 0 Å². The molecule has 0 heterocycles. The fourth-order valence-corrected chi connectivity index (χ4v) is 2.68. The van der Waals surface area contributed by atoms with Gasteiger partial charge in [0, 0.05) is 0 Å². The van der Waals surface area contributed by atoms with Crippen molar-refractivity contribution in [2.24, 2.45) is 5.92 Å². The number of benzene rings is 2. The number of aliphatic hydroxyl groups is 1. The summed E-state index contributed by atoms with van der Waals surface area (Å²) in [5.74, 6) is 1.14. The van der Waals surface area contributed by atoms with Gasteiger partial charge in [-0.3, -0.25) is 0 Å². The predicted molar refractivity (Wildman–Crippen MR) is 75.2 cm³/mol. The number of rotatable bonds is 4. The summed E-state index contributed by atoms with van der Waals surface area (Å²) in [6.07, 6.45) is 2.16. The Hall–Kier alpha value is -1.80. The monoisotopic (exact) mass is 254 g/mol. The van der Waals surface area contributed by atoms with Crippen molar-refractivity contribution >= 4 is 0 Å². The molecule has 1 atom stereocenters. The highest BCUT2D eigenvalue weighted by Gasteiger charge is 2.46. The molecule has 0 amide bonds. The fourth-order valence-electron chi connectivity index (χ4n) is 2.68. The lowest BCUT2D eigenvalue weighted by Crippen LogP contribution is -2.29. The van der Waals surface area contributed by atoms with Gasteiger partial charge in [-0.15, -0.1) is 0 Å². The second-order valence-electron chi connectivity index (χ2n) is 5.14. The molecule has 1 fully saturated rings. The predicted octanol–water partition coefficient (Wildman–Crippen LogP) is 3.34. The molecule has 19 heavy (non-hydrogen) atoms. The van der Waals surface area contributed by atoms with E-state index in [2.05, 4.69) is 0 Å². The quantitative estimate of drug-likeness (QED) is 0.906. The van der Waals surface area contributed by atoms with Crippen molar-refractivity contribution in [3.63, 3.8) is 0 Å². The molecule has 0 aliphatic heterocycles. The summed E-state index contributed by atoms with van der Waals surface area (Å²) >= 11 is 0. The highest BCUT2D eigenvalue weighted by Crippen LogP contribution is 2.49. The number of hydrogen-bond acceptors (Lipinski definition) is 2. The van der Waals surface area contributed by atoms with E-state index in [1.54, 1.807) is 7.11 Å². The minimum Gasteiger partial charge on any atom is -0.497 e. The third-order valence-corrected chi connectivity index (χ3v) is 3.91. The molecule has 0 aromatic heterocycles. The van der Waals surface area contributed by atoms with Crippen LogP contribution in [0, 0.1) is 5.92 Å². The molecule has 0 bridgehead atoms. The van der Waals surface area contributed by atoms with Gasteiger partial charge in [0.25, 0.3) is 0 Å². The Bertz CT molecular complexity index is 543. The van der Waals surface area contributed by atoms with Crippen LogP contribution in [-0.2, 0) is 5.60 Å². The highest BCUT2D eigenvalue weighted by atomic mass is 16.5. The standard InChI is InChI=1S/C17H18O2/c1-19-16-11-9-15(10-12-16)17(18,14-7-8-14)13-5-3-2-4-6-13/h2-6,9-12,14,18H,7-8H2,1H3/t17-/m1/s1. The summed E-state index contributed by atoms with van der Waals surface area (Å²) in [4.78, 5) is 0. The van der Waals surface area contributed by atoms with Crippen LogP contribution in [0.3, 0.4) is 0 Å². The maximum Gasteiger partial charge on any atom is 0.118 e. The molecule has 2 heteroatoms. The summed E-state index contributed by atoms with van der Waals surface area (Å²) in [6.45, 7) is 0. The van der Waals surface area contributed by atoms with Crippen molar-refractivity contribution in [3.05, 3.63) is 65.7 Å². The maximum atomic E-state index is 11.2. The average Bonchev–Trinajstić information content (AvgIpc) is 3.32. The highest BCUT2D eigenvalue weighted by molar-refractivity contribution is 5.40. The maximum absolute atomic E-state index is 11.2. The molecule has 1 saturated carbocycles. The van der Waals surface area contributed by atoms with Crippen molar-refractivity contribution in [2.45, 2.75) is 18.4 Å². The lowest BCUT2D eigenvalue weighted by molar-refractivity contribution is 0.0564. The lowest BCUT2D eigenvalue weighted by atomic mass is 9.82. The first-order valence-corrected chi connectivity index (χ1v) is 6.67. The van der Waals surface area contributed by atoms with Gasteiger partial charge in [-0.1, -0.05) is 42.5 Å². The van der Waals surface area contributed by atoms with Gasteiger partial charge in [0.15, 0.2) is 0 Å². The van der Waals surface area contributed by atoms with Gasteiger partial charge in [0.05, 0.1) is 7.11 Å². The smallest absolute Gasteiger partial charge is 0.118 e. The van der Waals surface area contributed by atoms with Crippen LogP contribution >= 0.6 is 0 Å². The molecule has 1 aliphatic carbocycles. The molecule has 98 valence electrons. The number of ether oxygens (including phenoxy) is 1. The lowest BCUT2D eigenvalue weighted by Gasteiger charge is -2.29. The summed E-state index contributed by atoms with van der Waals surface area (Å²) in [6, 6.07) is 17.7. The first-order valence-electron chi connectivity index (χ1n) is 6.67. The summed E-state index contributed by atoms with van der Waals surface area (Å²) in [5.41, 5.74) is 1.05. The number of hydrogen-bond donors (Lipinski definition) is 1. The Labute approximate surface area is 113 Å². The molecule has 1 aliphatic rings. The average molecular weight is 254 g/mol. The van der Waals surface area contributed by atoms with Crippen molar-refractivity contribution < 1.29 is 9.84 Å². The van der Waals surface area contributed by atoms with E-state index < -0.39 is 5.60 Å². The van der Waals surface area contributed by atoms with Gasteiger partial charge in [-0.2, -0.15) is 0 Å². The molecule has 0 spiro atoms. The molecule has 1 N–H and O–H groups in total. The largest absolute Gasteiger partial charge is 0.497 e. The van der Waals surface area contributed by atoms with Crippen LogP contribution in [0.4, 0.5) is 0 Å². The third-order valence-electron chi connectivity index (χ3n) is 3.91. The summed E-state index contributed by atoms with van der Waals surface area (Å²) < 4.78 is 5.18. The molecule has 0 radical (unpaired) electrons. The number of methoxy groups -OCH3 is 1. The van der Waals surface area contributed by atoms with Crippen LogP contribution in [0.5, 0.6) is 5.75 Å². The zero-order valence-electron chi connectivity index (χ0n) is 11.0. The molecule has 0 saturated heterocycles. The van der Waals surface area contributed by atoms with E-state index >= 15 is 0 Å². The Balaban J connectivity index is 2.05. The van der Waals surface area contributed by atoms with Crippen LogP contribution in [-0.4, -0.2) is 12.2 Å². The van der Waals surface area contributed by atoms with Gasteiger partial charge in [0.1, 0.15) is 11.4 Å². The van der Waals surface area contributed by atoms with E-state index in [1.165, 1.54) is 0 Å². The van der Waals surface area contributed by atoms with E-state index in [9.17, 15) is 5.11 Å². The Morgan fingerprint density at radius 2 is 1.53 bits per heavy atom. The molecular weight excluding hydrogens is 236 g/mol. The van der Waals surface area contributed by atoms with Gasteiger partial charge in [-0.05, 0) is 42.0 Å². The van der Waals surface area contributed by atoms with Crippen molar-refractivity contribution in [1.82, 2.24) is 0 Å². The van der Waals surface area contributed by atoms with E-state index in [1.807, 2.05) is 54.6 Å². The minimum absolute atomic E-state index is 0.322. The van der Waals surface area contributed by atoms with E-state index in [0.717, 1.165) is 29.7 Å². The SMILES string of the molecule is COc1ccc([C@@](O)(c2ccccc2)C2CC2)cc1. The first-order chi connectivity index (χ1) is 9.25. The first kappa shape index (κ1) is 12.2. The third kappa shape index (κ3) is 2.13. The minimum atomic E-state index is -0.868. The Morgan fingerprint density at radius 3 is 2.05 bits per heavy atom. The second kappa shape index (κ2) is 4.71. The summed E-state index contributed by atoms with van der Waals surface area (Å²) in [5, 5.41) is 11.2. The van der Waals surface area contributed by atoms with E-state index in [4.69, 9.17) is 4.74 Å². The van der Waals surface area contributed by atoms with E-state index in [-0.39, 0.29) is 0 Å². The molecule has 3 rings (SSSR count). The Morgan fingerprint density at radius 1 is 0.947 bits per heavy atom. The molecule has 2 aromatic rings. The molecular formula is C17H18O2. The van der Waals surface area contributed by atoms with E-state index in [0.29, 0.717) is 5.92 Å². The van der Waals surface area contributed by atoms with Crippen LogP contribution in [0.25, 0.3) is 0 Å². The topological polar surface area (TPSA) is 29.5 Å². The van der Waals surface area contributed by atoms with Crippen LogP contribution in [0.15, 0.2) is 54.6 Å². The van der Waals surface area contributed by atoms with Gasteiger partial charge >= 0.3 is 0 Å². The second-order valence-corrected chi connectivity index (χ2v) is 5.14. The molecule has 0 unspecified atom stereocenters.